The van der Waals surface area contributed by atoms with Gasteiger partial charge in [0.05, 0.1) is 6.04 Å². The highest BCUT2D eigenvalue weighted by Crippen LogP contribution is 2.34. The molecule has 0 aromatic carbocycles. The first-order valence-electron chi connectivity index (χ1n) is 8.32. The fraction of sp³-hybridized carbons (Fsp3) is 0.556. The standard InChI is InChI=1S/C18H22N2O3/c21-13-19-9-4-1-2-6-14-8-11-20-10-5-3-7-16(20)18-15(14)12-17(22)23-18/h8,12-13,16,18H,1,3-5,7,9-11H2,(H,19,21). The number of rotatable bonds is 4. The lowest BCUT2D eigenvalue weighted by Gasteiger charge is -2.36. The zero-order valence-electron chi connectivity index (χ0n) is 13.2. The first kappa shape index (κ1) is 15.8. The molecule has 3 rings (SSSR count). The number of piperidine rings is 1. The third kappa shape index (κ3) is 3.65. The molecule has 0 radical (unpaired) electrons. The summed E-state index contributed by atoms with van der Waals surface area (Å²) in [6.45, 7) is 2.56. The van der Waals surface area contributed by atoms with E-state index in [1.54, 1.807) is 6.08 Å². The summed E-state index contributed by atoms with van der Waals surface area (Å²) >= 11 is 0. The summed E-state index contributed by atoms with van der Waals surface area (Å²) in [4.78, 5) is 24.4. The van der Waals surface area contributed by atoms with Gasteiger partial charge < -0.3 is 10.1 Å². The number of hydrogen-bond acceptors (Lipinski definition) is 4. The predicted molar refractivity (Wildman–Crippen MR) is 86.3 cm³/mol. The van der Waals surface area contributed by atoms with Gasteiger partial charge in [-0.2, -0.15) is 0 Å². The van der Waals surface area contributed by atoms with E-state index in [2.05, 4.69) is 28.1 Å². The lowest BCUT2D eigenvalue weighted by molar-refractivity contribution is -0.141. The number of nitrogens with zero attached hydrogens (tertiary/aromatic N) is 1. The van der Waals surface area contributed by atoms with Crippen LogP contribution in [0.25, 0.3) is 0 Å². The van der Waals surface area contributed by atoms with Crippen LogP contribution in [-0.4, -0.2) is 49.1 Å². The van der Waals surface area contributed by atoms with Crippen molar-refractivity contribution in [2.45, 2.75) is 44.2 Å². The lowest BCUT2D eigenvalue weighted by Crippen LogP contribution is -2.46. The Labute approximate surface area is 136 Å². The third-order valence-corrected chi connectivity index (χ3v) is 4.61. The molecule has 122 valence electrons. The van der Waals surface area contributed by atoms with Crippen LogP contribution in [0, 0.1) is 11.8 Å². The molecule has 2 unspecified atom stereocenters. The molecule has 0 spiro atoms. The molecule has 0 saturated carbocycles. The smallest absolute Gasteiger partial charge is 0.331 e. The molecule has 0 aromatic heterocycles. The van der Waals surface area contributed by atoms with E-state index < -0.39 is 0 Å². The summed E-state index contributed by atoms with van der Waals surface area (Å²) in [6, 6.07) is 0.286. The van der Waals surface area contributed by atoms with E-state index in [4.69, 9.17) is 4.74 Å². The van der Waals surface area contributed by atoms with E-state index in [0.29, 0.717) is 13.0 Å². The number of ether oxygens (including phenoxy) is 1. The molecule has 1 saturated heterocycles. The van der Waals surface area contributed by atoms with Crippen LogP contribution in [0.15, 0.2) is 23.3 Å². The maximum atomic E-state index is 11.8. The maximum absolute atomic E-state index is 11.8. The number of carbonyl (C=O) groups is 2. The summed E-state index contributed by atoms with van der Waals surface area (Å²) in [6.07, 6.45) is 9.28. The second-order valence-electron chi connectivity index (χ2n) is 6.11. The molecule has 3 aliphatic heterocycles. The molecule has 0 aromatic rings. The first-order chi connectivity index (χ1) is 11.3. The number of fused-ring (bicyclic) bond motifs is 3. The zero-order chi connectivity index (χ0) is 16.1. The summed E-state index contributed by atoms with van der Waals surface area (Å²) in [5.74, 6) is 6.11. The lowest BCUT2D eigenvalue weighted by atomic mass is 9.92. The van der Waals surface area contributed by atoms with Gasteiger partial charge in [-0.15, -0.1) is 0 Å². The van der Waals surface area contributed by atoms with E-state index in [1.807, 2.05) is 0 Å². The van der Waals surface area contributed by atoms with E-state index in [9.17, 15) is 9.59 Å². The Hall–Kier alpha value is -2.06. The normalized spacial score (nSPS) is 26.5. The van der Waals surface area contributed by atoms with Gasteiger partial charge in [0.2, 0.25) is 6.41 Å². The fourth-order valence-electron chi connectivity index (χ4n) is 3.48. The largest absolute Gasteiger partial charge is 0.453 e. The van der Waals surface area contributed by atoms with Gasteiger partial charge in [0.15, 0.2) is 0 Å². The number of carbonyl (C=O) groups excluding carboxylic acids is 2. The van der Waals surface area contributed by atoms with Gasteiger partial charge in [-0.1, -0.05) is 24.3 Å². The van der Waals surface area contributed by atoms with Crippen LogP contribution in [0.5, 0.6) is 0 Å². The summed E-state index contributed by atoms with van der Waals surface area (Å²) in [5, 5.41) is 2.63. The summed E-state index contributed by atoms with van der Waals surface area (Å²) in [7, 11) is 0. The molecule has 3 aliphatic rings. The van der Waals surface area contributed by atoms with E-state index in [-0.39, 0.29) is 18.1 Å². The van der Waals surface area contributed by atoms with Crippen LogP contribution in [-0.2, 0) is 14.3 Å². The molecule has 0 bridgehead atoms. The molecular formula is C18H22N2O3. The summed E-state index contributed by atoms with van der Waals surface area (Å²) < 4.78 is 5.57. The zero-order valence-corrected chi connectivity index (χ0v) is 13.2. The molecule has 0 aliphatic carbocycles. The molecule has 1 amide bonds. The number of amides is 1. The van der Waals surface area contributed by atoms with Crippen molar-refractivity contribution in [2.24, 2.45) is 0 Å². The van der Waals surface area contributed by atoms with Crippen molar-refractivity contribution in [1.29, 1.82) is 0 Å². The second-order valence-corrected chi connectivity index (χ2v) is 6.11. The first-order valence-corrected chi connectivity index (χ1v) is 8.32. The molecule has 1 N–H and O–H groups in total. The van der Waals surface area contributed by atoms with Gasteiger partial charge in [0.1, 0.15) is 6.10 Å². The van der Waals surface area contributed by atoms with Gasteiger partial charge in [-0.3, -0.25) is 9.69 Å². The average Bonchev–Trinajstić information content (AvgIpc) is 2.89. The average molecular weight is 314 g/mol. The van der Waals surface area contributed by atoms with Gasteiger partial charge in [-0.05, 0) is 25.8 Å². The van der Waals surface area contributed by atoms with Crippen molar-refractivity contribution in [3.05, 3.63) is 23.3 Å². The van der Waals surface area contributed by atoms with Crippen LogP contribution in [0.4, 0.5) is 0 Å². The van der Waals surface area contributed by atoms with Crippen LogP contribution in [0.3, 0.4) is 0 Å². The van der Waals surface area contributed by atoms with Crippen molar-refractivity contribution in [1.82, 2.24) is 10.2 Å². The Balaban J connectivity index is 1.72. The van der Waals surface area contributed by atoms with Crippen LogP contribution < -0.4 is 5.32 Å². The number of esters is 1. The van der Waals surface area contributed by atoms with Crippen molar-refractivity contribution in [2.75, 3.05) is 19.6 Å². The predicted octanol–water partition coefficient (Wildman–Crippen LogP) is 1.16. The van der Waals surface area contributed by atoms with E-state index in [1.165, 1.54) is 12.8 Å². The Kier molecular flexibility index (Phi) is 5.14. The second kappa shape index (κ2) is 7.47. The quantitative estimate of drug-likeness (QED) is 0.366. The van der Waals surface area contributed by atoms with Crippen molar-refractivity contribution < 1.29 is 14.3 Å². The van der Waals surface area contributed by atoms with Gasteiger partial charge in [-0.25, -0.2) is 4.79 Å². The molecule has 3 heterocycles. The highest BCUT2D eigenvalue weighted by Gasteiger charge is 2.40. The van der Waals surface area contributed by atoms with Crippen LogP contribution in [0.1, 0.15) is 32.1 Å². The Morgan fingerprint density at radius 1 is 1.43 bits per heavy atom. The highest BCUT2D eigenvalue weighted by atomic mass is 16.5. The molecule has 1 fully saturated rings. The van der Waals surface area contributed by atoms with Gasteiger partial charge >= 0.3 is 5.97 Å². The minimum Gasteiger partial charge on any atom is -0.453 e. The van der Waals surface area contributed by atoms with Gasteiger partial charge in [0.25, 0.3) is 0 Å². The minimum absolute atomic E-state index is 0.164. The van der Waals surface area contributed by atoms with Crippen molar-refractivity contribution in [3.8, 4) is 11.8 Å². The highest BCUT2D eigenvalue weighted by molar-refractivity contribution is 5.88. The molecular weight excluding hydrogens is 292 g/mol. The molecule has 23 heavy (non-hydrogen) atoms. The van der Waals surface area contributed by atoms with Crippen molar-refractivity contribution in [3.63, 3.8) is 0 Å². The monoisotopic (exact) mass is 314 g/mol. The molecule has 2 atom stereocenters. The van der Waals surface area contributed by atoms with Crippen molar-refractivity contribution >= 4 is 12.4 Å². The van der Waals surface area contributed by atoms with Crippen LogP contribution in [0.2, 0.25) is 0 Å². The Bertz CT molecular complexity index is 597. The summed E-state index contributed by atoms with van der Waals surface area (Å²) in [5.41, 5.74) is 1.88. The molecule has 5 heteroatoms. The fourth-order valence-corrected chi connectivity index (χ4v) is 3.48. The SMILES string of the molecule is O=CNCCCC#CC1=CCN2CCCCC2C2OC(=O)C=C12. The minimum atomic E-state index is -0.250. The molecule has 5 nitrogen and oxygen atoms in total. The third-order valence-electron chi connectivity index (χ3n) is 4.61. The Morgan fingerprint density at radius 3 is 3.22 bits per heavy atom. The topological polar surface area (TPSA) is 58.6 Å². The number of nitrogens with one attached hydrogen (secondary N) is 1. The maximum Gasteiger partial charge on any atom is 0.331 e. The van der Waals surface area contributed by atoms with E-state index in [0.717, 1.165) is 43.5 Å². The Morgan fingerprint density at radius 2 is 2.35 bits per heavy atom. The number of hydrogen-bond donors (Lipinski definition) is 1. The van der Waals surface area contributed by atoms with Gasteiger partial charge in [0, 0.05) is 36.7 Å². The van der Waals surface area contributed by atoms with E-state index >= 15 is 0 Å². The van der Waals surface area contributed by atoms with Crippen LogP contribution >= 0.6 is 0 Å². The number of unbranched alkanes of at least 4 members (excludes halogenated alkanes) is 1.